The van der Waals surface area contributed by atoms with Crippen molar-refractivity contribution in [1.82, 2.24) is 5.32 Å². The molecule has 1 aromatic rings. The summed E-state index contributed by atoms with van der Waals surface area (Å²) in [5.41, 5.74) is 2.77. The first-order valence-corrected chi connectivity index (χ1v) is 7.17. The van der Waals surface area contributed by atoms with E-state index in [1.54, 1.807) is 0 Å². The predicted octanol–water partition coefficient (Wildman–Crippen LogP) is 3.45. The van der Waals surface area contributed by atoms with Crippen LogP contribution in [0.1, 0.15) is 38.8 Å². The van der Waals surface area contributed by atoms with Gasteiger partial charge in [-0.3, -0.25) is 0 Å². The summed E-state index contributed by atoms with van der Waals surface area (Å²) in [6.45, 7) is 9.33. The van der Waals surface area contributed by atoms with Gasteiger partial charge in [-0.2, -0.15) is 0 Å². The fourth-order valence-electron chi connectivity index (χ4n) is 2.86. The second-order valence-corrected chi connectivity index (χ2v) is 5.70. The minimum Gasteiger partial charge on any atom is -0.371 e. The molecule has 0 amide bonds. The molecule has 2 nitrogen and oxygen atoms in total. The standard InChI is InChI=1S/C16H26N2/c1-5-16(17-4)14-6-8-15(9-7-14)18-10-12(2)13(3)11-18/h6-9,12-13,16-17H,5,10-11H2,1-4H3. The Morgan fingerprint density at radius 1 is 1.17 bits per heavy atom. The third kappa shape index (κ3) is 2.69. The van der Waals surface area contributed by atoms with E-state index < -0.39 is 0 Å². The van der Waals surface area contributed by atoms with Crippen LogP contribution in [0.15, 0.2) is 24.3 Å². The van der Waals surface area contributed by atoms with E-state index in [1.807, 2.05) is 7.05 Å². The maximum Gasteiger partial charge on any atom is 0.0366 e. The third-order valence-corrected chi connectivity index (χ3v) is 4.41. The van der Waals surface area contributed by atoms with E-state index in [-0.39, 0.29) is 0 Å². The monoisotopic (exact) mass is 246 g/mol. The van der Waals surface area contributed by atoms with E-state index in [1.165, 1.54) is 24.3 Å². The van der Waals surface area contributed by atoms with Gasteiger partial charge in [0.15, 0.2) is 0 Å². The van der Waals surface area contributed by atoms with Gasteiger partial charge < -0.3 is 10.2 Å². The number of hydrogen-bond acceptors (Lipinski definition) is 2. The normalized spacial score (nSPS) is 25.4. The molecule has 0 spiro atoms. The number of nitrogens with one attached hydrogen (secondary N) is 1. The van der Waals surface area contributed by atoms with Crippen molar-refractivity contribution in [2.24, 2.45) is 11.8 Å². The fourth-order valence-corrected chi connectivity index (χ4v) is 2.86. The van der Waals surface area contributed by atoms with Crippen molar-refractivity contribution in [1.29, 1.82) is 0 Å². The van der Waals surface area contributed by atoms with Crippen molar-refractivity contribution in [3.63, 3.8) is 0 Å². The Morgan fingerprint density at radius 2 is 1.72 bits per heavy atom. The van der Waals surface area contributed by atoms with Crippen LogP contribution in [0.3, 0.4) is 0 Å². The van der Waals surface area contributed by atoms with Crippen molar-refractivity contribution in [3.8, 4) is 0 Å². The lowest BCUT2D eigenvalue weighted by Crippen LogP contribution is -2.20. The second-order valence-electron chi connectivity index (χ2n) is 5.70. The molecule has 0 aliphatic carbocycles. The molecule has 0 saturated carbocycles. The molecule has 2 heteroatoms. The average molecular weight is 246 g/mol. The van der Waals surface area contributed by atoms with Crippen LogP contribution in [-0.2, 0) is 0 Å². The summed E-state index contributed by atoms with van der Waals surface area (Å²) in [4.78, 5) is 2.51. The van der Waals surface area contributed by atoms with Crippen molar-refractivity contribution in [2.75, 3.05) is 25.0 Å². The van der Waals surface area contributed by atoms with Gasteiger partial charge in [-0.1, -0.05) is 32.9 Å². The topological polar surface area (TPSA) is 15.3 Å². The van der Waals surface area contributed by atoms with Gasteiger partial charge in [0.05, 0.1) is 0 Å². The van der Waals surface area contributed by atoms with Crippen molar-refractivity contribution in [3.05, 3.63) is 29.8 Å². The summed E-state index contributed by atoms with van der Waals surface area (Å²) in [5.74, 6) is 1.62. The number of nitrogens with zero attached hydrogens (tertiary/aromatic N) is 1. The zero-order valence-electron chi connectivity index (χ0n) is 12.1. The lowest BCUT2D eigenvalue weighted by atomic mass is 10.0. The van der Waals surface area contributed by atoms with E-state index in [0.717, 1.165) is 18.3 Å². The first-order valence-electron chi connectivity index (χ1n) is 7.17. The van der Waals surface area contributed by atoms with Crippen molar-refractivity contribution >= 4 is 5.69 Å². The summed E-state index contributed by atoms with van der Waals surface area (Å²) in [6, 6.07) is 9.58. The Kier molecular flexibility index (Phi) is 4.28. The molecule has 0 bridgehead atoms. The molecule has 1 N–H and O–H groups in total. The summed E-state index contributed by atoms with van der Waals surface area (Å²) < 4.78 is 0. The molecule has 1 aromatic carbocycles. The highest BCUT2D eigenvalue weighted by molar-refractivity contribution is 5.49. The Morgan fingerprint density at radius 3 is 2.17 bits per heavy atom. The molecular weight excluding hydrogens is 220 g/mol. The van der Waals surface area contributed by atoms with E-state index >= 15 is 0 Å². The molecular formula is C16H26N2. The summed E-state index contributed by atoms with van der Waals surface area (Å²) in [5, 5.41) is 3.36. The third-order valence-electron chi connectivity index (χ3n) is 4.41. The van der Waals surface area contributed by atoms with E-state index in [0.29, 0.717) is 6.04 Å². The first-order chi connectivity index (χ1) is 8.65. The lowest BCUT2D eigenvalue weighted by Gasteiger charge is -2.20. The highest BCUT2D eigenvalue weighted by atomic mass is 15.2. The van der Waals surface area contributed by atoms with Gasteiger partial charge in [0.2, 0.25) is 0 Å². The van der Waals surface area contributed by atoms with Gasteiger partial charge >= 0.3 is 0 Å². The summed E-state index contributed by atoms with van der Waals surface area (Å²) >= 11 is 0. The van der Waals surface area contributed by atoms with Gasteiger partial charge in [0, 0.05) is 24.8 Å². The van der Waals surface area contributed by atoms with Crippen LogP contribution in [0.5, 0.6) is 0 Å². The maximum atomic E-state index is 3.36. The van der Waals surface area contributed by atoms with Crippen LogP contribution >= 0.6 is 0 Å². The highest BCUT2D eigenvalue weighted by Gasteiger charge is 2.26. The zero-order chi connectivity index (χ0) is 13.1. The molecule has 1 heterocycles. The van der Waals surface area contributed by atoms with E-state index in [4.69, 9.17) is 0 Å². The quantitative estimate of drug-likeness (QED) is 0.875. The SMILES string of the molecule is CCC(NC)c1ccc(N2CC(C)C(C)C2)cc1. The lowest BCUT2D eigenvalue weighted by molar-refractivity contribution is 0.494. The average Bonchev–Trinajstić information content (AvgIpc) is 2.72. The van der Waals surface area contributed by atoms with Gasteiger partial charge in [-0.15, -0.1) is 0 Å². The molecule has 3 unspecified atom stereocenters. The van der Waals surface area contributed by atoms with Gasteiger partial charge in [-0.05, 0) is 43.0 Å². The molecule has 100 valence electrons. The fraction of sp³-hybridized carbons (Fsp3) is 0.625. The maximum absolute atomic E-state index is 3.36. The first kappa shape index (κ1) is 13.4. The molecule has 0 aromatic heterocycles. The van der Waals surface area contributed by atoms with E-state index in [2.05, 4.69) is 55.3 Å². The van der Waals surface area contributed by atoms with Crippen LogP contribution < -0.4 is 10.2 Å². The summed E-state index contributed by atoms with van der Waals surface area (Å²) in [7, 11) is 2.03. The van der Waals surface area contributed by atoms with Crippen molar-refractivity contribution in [2.45, 2.75) is 33.2 Å². The van der Waals surface area contributed by atoms with Crippen LogP contribution in [0, 0.1) is 11.8 Å². The highest BCUT2D eigenvalue weighted by Crippen LogP contribution is 2.28. The number of anilines is 1. The van der Waals surface area contributed by atoms with Crippen molar-refractivity contribution < 1.29 is 0 Å². The largest absolute Gasteiger partial charge is 0.371 e. The molecule has 2 rings (SSSR count). The Hall–Kier alpha value is -1.02. The molecule has 1 aliphatic heterocycles. The Bertz CT molecular complexity index is 357. The number of rotatable bonds is 4. The Balaban J connectivity index is 2.08. The predicted molar refractivity (Wildman–Crippen MR) is 79.1 cm³/mol. The Labute approximate surface area is 111 Å². The molecule has 18 heavy (non-hydrogen) atoms. The van der Waals surface area contributed by atoms with Gasteiger partial charge in [0.25, 0.3) is 0 Å². The van der Waals surface area contributed by atoms with Gasteiger partial charge in [-0.25, -0.2) is 0 Å². The van der Waals surface area contributed by atoms with E-state index in [9.17, 15) is 0 Å². The molecule has 0 radical (unpaired) electrons. The molecule has 1 saturated heterocycles. The number of hydrogen-bond donors (Lipinski definition) is 1. The molecule has 3 atom stereocenters. The van der Waals surface area contributed by atoms with Crippen LogP contribution in [0.25, 0.3) is 0 Å². The molecule has 1 fully saturated rings. The number of benzene rings is 1. The minimum absolute atomic E-state index is 0.482. The second kappa shape index (κ2) is 5.75. The zero-order valence-corrected chi connectivity index (χ0v) is 12.1. The smallest absolute Gasteiger partial charge is 0.0366 e. The van der Waals surface area contributed by atoms with Gasteiger partial charge in [0.1, 0.15) is 0 Å². The summed E-state index contributed by atoms with van der Waals surface area (Å²) in [6.07, 6.45) is 1.13. The van der Waals surface area contributed by atoms with Crippen LogP contribution in [-0.4, -0.2) is 20.1 Å². The van der Waals surface area contributed by atoms with Crippen LogP contribution in [0.2, 0.25) is 0 Å². The molecule has 1 aliphatic rings. The minimum atomic E-state index is 0.482. The van der Waals surface area contributed by atoms with Crippen LogP contribution in [0.4, 0.5) is 5.69 Å².